The lowest BCUT2D eigenvalue weighted by molar-refractivity contribution is -0.139. The highest BCUT2D eigenvalue weighted by Gasteiger charge is 2.24. The summed E-state index contributed by atoms with van der Waals surface area (Å²) in [4.78, 5) is 21.6. The Morgan fingerprint density at radius 1 is 1.47 bits per heavy atom. The average molecular weight is 264 g/mol. The molecule has 0 spiro atoms. The average Bonchev–Trinajstić information content (AvgIpc) is 2.46. The highest BCUT2D eigenvalue weighted by Crippen LogP contribution is 2.16. The molecule has 1 unspecified atom stereocenters. The molecule has 6 nitrogen and oxygen atoms in total. The number of aliphatic carboxylic acids is 1. The van der Waals surface area contributed by atoms with Crippen molar-refractivity contribution >= 4 is 11.9 Å². The maximum Gasteiger partial charge on any atom is 0.320 e. The maximum absolute atomic E-state index is 11.0. The fourth-order valence-corrected chi connectivity index (χ4v) is 2.35. The maximum atomic E-state index is 11.0. The van der Waals surface area contributed by atoms with Gasteiger partial charge in [0.1, 0.15) is 6.04 Å². The van der Waals surface area contributed by atoms with Gasteiger partial charge < -0.3 is 15.3 Å². The summed E-state index contributed by atoms with van der Waals surface area (Å²) in [5.41, 5.74) is 0. The van der Waals surface area contributed by atoms with Crippen LogP contribution < -0.4 is 10.2 Å². The monoisotopic (exact) mass is 264 g/mol. The molecule has 0 aromatic carbocycles. The lowest BCUT2D eigenvalue weighted by Gasteiger charge is -2.33. The topological polar surface area (TPSA) is 78.3 Å². The second-order valence-electron chi connectivity index (χ2n) is 4.78. The molecule has 0 saturated carbocycles. The van der Waals surface area contributed by atoms with E-state index in [9.17, 15) is 4.79 Å². The van der Waals surface area contributed by atoms with Crippen LogP contribution in [0.5, 0.6) is 0 Å². The Morgan fingerprint density at radius 3 is 2.63 bits per heavy atom. The summed E-state index contributed by atoms with van der Waals surface area (Å²) in [5.74, 6) is -0.0115. The Morgan fingerprint density at radius 2 is 2.11 bits per heavy atom. The fraction of sp³-hybridized carbons (Fsp3) is 0.615. The SMILES string of the molecule is CCC(NC1CCN(c2ncccn2)CC1)C(=O)O. The minimum absolute atomic E-state index is 0.265. The third kappa shape index (κ3) is 3.64. The van der Waals surface area contributed by atoms with Crippen LogP contribution in [0, 0.1) is 0 Å². The minimum Gasteiger partial charge on any atom is -0.480 e. The highest BCUT2D eigenvalue weighted by molar-refractivity contribution is 5.73. The quantitative estimate of drug-likeness (QED) is 0.822. The molecular formula is C13H20N4O2. The summed E-state index contributed by atoms with van der Waals surface area (Å²) in [6, 6.07) is 1.63. The zero-order valence-corrected chi connectivity index (χ0v) is 11.1. The number of aromatic nitrogens is 2. The molecule has 2 rings (SSSR count). The molecule has 1 aromatic rings. The Kier molecular flexibility index (Phi) is 4.68. The molecular weight excluding hydrogens is 244 g/mol. The second-order valence-corrected chi connectivity index (χ2v) is 4.78. The molecule has 1 aliphatic heterocycles. The Bertz CT molecular complexity index is 404. The summed E-state index contributed by atoms with van der Waals surface area (Å²) in [7, 11) is 0. The van der Waals surface area contributed by atoms with Crippen molar-refractivity contribution in [1.29, 1.82) is 0 Å². The van der Waals surface area contributed by atoms with Crippen molar-refractivity contribution in [2.24, 2.45) is 0 Å². The number of nitrogens with one attached hydrogen (secondary N) is 1. The zero-order valence-electron chi connectivity index (χ0n) is 11.1. The van der Waals surface area contributed by atoms with Crippen LogP contribution >= 0.6 is 0 Å². The van der Waals surface area contributed by atoms with Gasteiger partial charge in [-0.1, -0.05) is 6.92 Å². The van der Waals surface area contributed by atoms with Gasteiger partial charge in [-0.05, 0) is 25.3 Å². The van der Waals surface area contributed by atoms with Crippen LogP contribution in [-0.2, 0) is 4.79 Å². The number of hydrogen-bond donors (Lipinski definition) is 2. The van der Waals surface area contributed by atoms with E-state index >= 15 is 0 Å². The predicted molar refractivity (Wildman–Crippen MR) is 72.1 cm³/mol. The minimum atomic E-state index is -0.767. The number of anilines is 1. The van der Waals surface area contributed by atoms with Crippen LogP contribution in [0.2, 0.25) is 0 Å². The molecule has 0 aliphatic carbocycles. The first kappa shape index (κ1) is 13.7. The van der Waals surface area contributed by atoms with Gasteiger partial charge in [-0.2, -0.15) is 0 Å². The van der Waals surface area contributed by atoms with Crippen LogP contribution in [-0.4, -0.2) is 46.2 Å². The van der Waals surface area contributed by atoms with Crippen molar-refractivity contribution in [3.63, 3.8) is 0 Å². The van der Waals surface area contributed by atoms with E-state index in [4.69, 9.17) is 5.11 Å². The second kappa shape index (κ2) is 6.47. The molecule has 1 aliphatic rings. The number of rotatable bonds is 5. The molecule has 0 bridgehead atoms. The molecule has 0 radical (unpaired) electrons. The molecule has 1 saturated heterocycles. The summed E-state index contributed by atoms with van der Waals surface area (Å²) < 4.78 is 0. The van der Waals surface area contributed by atoms with Crippen LogP contribution in [0.3, 0.4) is 0 Å². The van der Waals surface area contributed by atoms with E-state index in [1.165, 1.54) is 0 Å². The van der Waals surface area contributed by atoms with Crippen molar-refractivity contribution in [3.8, 4) is 0 Å². The molecule has 6 heteroatoms. The predicted octanol–water partition coefficient (Wildman–Crippen LogP) is 0.898. The summed E-state index contributed by atoms with van der Waals surface area (Å²) in [6.07, 6.45) is 5.93. The van der Waals surface area contributed by atoms with Crippen molar-refractivity contribution in [2.45, 2.75) is 38.3 Å². The van der Waals surface area contributed by atoms with Gasteiger partial charge in [-0.25, -0.2) is 9.97 Å². The van der Waals surface area contributed by atoms with Crippen LogP contribution in [0.1, 0.15) is 26.2 Å². The molecule has 2 heterocycles. The third-order valence-electron chi connectivity index (χ3n) is 3.47. The summed E-state index contributed by atoms with van der Waals surface area (Å²) in [6.45, 7) is 3.61. The molecule has 2 N–H and O–H groups in total. The first-order chi connectivity index (χ1) is 9.20. The lowest BCUT2D eigenvalue weighted by atomic mass is 10.0. The van der Waals surface area contributed by atoms with E-state index in [1.54, 1.807) is 18.5 Å². The van der Waals surface area contributed by atoms with Crippen molar-refractivity contribution in [2.75, 3.05) is 18.0 Å². The number of carboxylic acid groups (broad SMARTS) is 1. The Labute approximate surface area is 112 Å². The zero-order chi connectivity index (χ0) is 13.7. The molecule has 1 aromatic heterocycles. The number of piperidine rings is 1. The van der Waals surface area contributed by atoms with Gasteiger partial charge in [0.2, 0.25) is 5.95 Å². The van der Waals surface area contributed by atoms with E-state index in [2.05, 4.69) is 20.2 Å². The number of hydrogen-bond acceptors (Lipinski definition) is 5. The van der Waals surface area contributed by atoms with Crippen LogP contribution in [0.4, 0.5) is 5.95 Å². The van der Waals surface area contributed by atoms with Crippen molar-refractivity contribution < 1.29 is 9.90 Å². The number of carboxylic acids is 1. The molecule has 104 valence electrons. The van der Waals surface area contributed by atoms with Crippen molar-refractivity contribution in [3.05, 3.63) is 18.5 Å². The van der Waals surface area contributed by atoms with Crippen molar-refractivity contribution in [1.82, 2.24) is 15.3 Å². The first-order valence-corrected chi connectivity index (χ1v) is 6.71. The van der Waals surface area contributed by atoms with E-state index in [1.807, 2.05) is 6.92 Å². The highest BCUT2D eigenvalue weighted by atomic mass is 16.4. The lowest BCUT2D eigenvalue weighted by Crippen LogP contribution is -2.48. The standard InChI is InChI=1S/C13H20N4O2/c1-2-11(12(18)19)16-10-4-8-17(9-5-10)13-14-6-3-7-15-13/h3,6-7,10-11,16H,2,4-5,8-9H2,1H3,(H,18,19). The normalized spacial score (nSPS) is 18.3. The molecule has 1 fully saturated rings. The van der Waals surface area contributed by atoms with E-state index in [0.29, 0.717) is 6.42 Å². The summed E-state index contributed by atoms with van der Waals surface area (Å²) in [5, 5.41) is 12.3. The number of carbonyl (C=O) groups is 1. The van der Waals surface area contributed by atoms with Crippen LogP contribution in [0.25, 0.3) is 0 Å². The van der Waals surface area contributed by atoms with E-state index < -0.39 is 12.0 Å². The van der Waals surface area contributed by atoms with E-state index in [-0.39, 0.29) is 6.04 Å². The van der Waals surface area contributed by atoms with Gasteiger partial charge in [0.15, 0.2) is 0 Å². The first-order valence-electron chi connectivity index (χ1n) is 6.71. The largest absolute Gasteiger partial charge is 0.480 e. The fourth-order valence-electron chi connectivity index (χ4n) is 2.35. The third-order valence-corrected chi connectivity index (χ3v) is 3.47. The van der Waals surface area contributed by atoms with E-state index in [0.717, 1.165) is 31.9 Å². The van der Waals surface area contributed by atoms with Gasteiger partial charge in [-0.3, -0.25) is 4.79 Å². The molecule has 0 amide bonds. The van der Waals surface area contributed by atoms with Gasteiger partial charge in [0.25, 0.3) is 0 Å². The smallest absolute Gasteiger partial charge is 0.320 e. The van der Waals surface area contributed by atoms with Gasteiger partial charge >= 0.3 is 5.97 Å². The molecule has 19 heavy (non-hydrogen) atoms. The van der Waals surface area contributed by atoms with Gasteiger partial charge in [0, 0.05) is 31.5 Å². The van der Waals surface area contributed by atoms with Gasteiger partial charge in [0.05, 0.1) is 0 Å². The summed E-state index contributed by atoms with van der Waals surface area (Å²) >= 11 is 0. The number of nitrogens with zero attached hydrogens (tertiary/aromatic N) is 3. The molecule has 1 atom stereocenters. The Hall–Kier alpha value is -1.69. The van der Waals surface area contributed by atoms with Gasteiger partial charge in [-0.15, -0.1) is 0 Å². The van der Waals surface area contributed by atoms with Crippen LogP contribution in [0.15, 0.2) is 18.5 Å². The Balaban J connectivity index is 1.84.